The van der Waals surface area contributed by atoms with Gasteiger partial charge in [-0.1, -0.05) is 18.2 Å². The van der Waals surface area contributed by atoms with Gasteiger partial charge in [0.1, 0.15) is 13.2 Å². The van der Waals surface area contributed by atoms with Crippen molar-refractivity contribution >= 4 is 15.7 Å². The van der Waals surface area contributed by atoms with Crippen LogP contribution in [-0.2, 0) is 10.0 Å². The number of hydrogen-bond acceptors (Lipinski definition) is 5. The molecule has 1 unspecified atom stereocenters. The lowest BCUT2D eigenvalue weighted by molar-refractivity contribution is 0.171. The van der Waals surface area contributed by atoms with Crippen molar-refractivity contribution < 1.29 is 17.9 Å². The second kappa shape index (κ2) is 4.87. The maximum Gasteiger partial charge on any atom is 0.245 e. The lowest BCUT2D eigenvalue weighted by Gasteiger charge is -2.23. The Kier molecular flexibility index (Phi) is 2.87. The van der Waals surface area contributed by atoms with Crippen LogP contribution in [0.25, 0.3) is 0 Å². The van der Waals surface area contributed by atoms with Crippen molar-refractivity contribution in [3.05, 3.63) is 48.0 Å². The molecule has 0 saturated carbocycles. The fraction of sp³-hybridized carbons (Fsp3) is 0.294. The van der Waals surface area contributed by atoms with Crippen LogP contribution >= 0.6 is 0 Å². The molecule has 0 aliphatic carbocycles. The first-order valence-electron chi connectivity index (χ1n) is 7.90. The van der Waals surface area contributed by atoms with Crippen LogP contribution < -0.4 is 14.4 Å². The first kappa shape index (κ1) is 14.1. The molecule has 2 aromatic carbocycles. The van der Waals surface area contributed by atoms with Crippen LogP contribution in [0.2, 0.25) is 0 Å². The maximum atomic E-state index is 12.7. The zero-order chi connectivity index (χ0) is 16.3. The van der Waals surface area contributed by atoms with Crippen LogP contribution in [-0.4, -0.2) is 39.2 Å². The number of rotatable bonds is 1. The Morgan fingerprint density at radius 1 is 1.00 bits per heavy atom. The van der Waals surface area contributed by atoms with E-state index in [9.17, 15) is 8.42 Å². The summed E-state index contributed by atoms with van der Waals surface area (Å²) in [5, 5.41) is 0. The fourth-order valence-electron chi connectivity index (χ4n) is 3.65. The fourth-order valence-corrected chi connectivity index (χ4v) is 5.47. The minimum Gasteiger partial charge on any atom is -0.486 e. The molecule has 5 rings (SSSR count). The van der Waals surface area contributed by atoms with Gasteiger partial charge in [0.15, 0.2) is 11.5 Å². The van der Waals surface area contributed by atoms with E-state index in [1.807, 2.05) is 30.3 Å². The minimum absolute atomic E-state index is 0.126. The predicted molar refractivity (Wildman–Crippen MR) is 87.9 cm³/mol. The first-order valence-corrected chi connectivity index (χ1v) is 9.34. The Labute approximate surface area is 140 Å². The molecular weight excluding hydrogens is 328 g/mol. The monoisotopic (exact) mass is 344 g/mol. The van der Waals surface area contributed by atoms with E-state index in [-0.39, 0.29) is 6.04 Å². The van der Waals surface area contributed by atoms with Crippen LogP contribution in [0.15, 0.2) is 47.4 Å². The average Bonchev–Trinajstić information content (AvgIpc) is 3.14. The van der Waals surface area contributed by atoms with Crippen LogP contribution in [0.4, 0.5) is 5.69 Å². The molecule has 3 aliphatic rings. The maximum absolute atomic E-state index is 12.7. The van der Waals surface area contributed by atoms with Crippen LogP contribution in [0.5, 0.6) is 11.5 Å². The van der Waals surface area contributed by atoms with Crippen molar-refractivity contribution in [1.82, 2.24) is 4.31 Å². The standard InChI is InChI=1S/C17H16N2O4S/c20-24(21)17-4-2-1-3-13(17)14-10-18(11-19(14)24)12-5-6-15-16(9-12)23-8-7-22-15/h1-6,9,14H,7-8,10-11H2. The smallest absolute Gasteiger partial charge is 0.245 e. The van der Waals surface area contributed by atoms with Crippen molar-refractivity contribution in [1.29, 1.82) is 0 Å². The summed E-state index contributed by atoms with van der Waals surface area (Å²) >= 11 is 0. The molecule has 0 aromatic heterocycles. The van der Waals surface area contributed by atoms with E-state index in [0.29, 0.717) is 37.1 Å². The largest absolute Gasteiger partial charge is 0.486 e. The number of benzene rings is 2. The third-order valence-corrected chi connectivity index (χ3v) is 6.72. The highest BCUT2D eigenvalue weighted by Crippen LogP contribution is 2.45. The summed E-state index contributed by atoms with van der Waals surface area (Å²) in [4.78, 5) is 2.51. The van der Waals surface area contributed by atoms with E-state index in [2.05, 4.69) is 4.90 Å². The average molecular weight is 344 g/mol. The lowest BCUT2D eigenvalue weighted by Crippen LogP contribution is -2.28. The van der Waals surface area contributed by atoms with Gasteiger partial charge in [0.25, 0.3) is 0 Å². The van der Waals surface area contributed by atoms with Gasteiger partial charge in [0.05, 0.1) is 17.6 Å². The summed E-state index contributed by atoms with van der Waals surface area (Å²) in [5.74, 6) is 1.46. The highest BCUT2D eigenvalue weighted by molar-refractivity contribution is 7.89. The predicted octanol–water partition coefficient (Wildman–Crippen LogP) is 1.98. The summed E-state index contributed by atoms with van der Waals surface area (Å²) < 4.78 is 38.2. The molecule has 3 heterocycles. The number of nitrogens with zero attached hydrogens (tertiary/aromatic N) is 2. The van der Waals surface area contributed by atoms with Gasteiger partial charge < -0.3 is 14.4 Å². The van der Waals surface area contributed by atoms with Gasteiger partial charge in [0, 0.05) is 18.3 Å². The highest BCUT2D eigenvalue weighted by Gasteiger charge is 2.47. The molecule has 0 bridgehead atoms. The Morgan fingerprint density at radius 3 is 2.67 bits per heavy atom. The molecule has 2 aromatic rings. The first-order chi connectivity index (χ1) is 11.6. The molecule has 124 valence electrons. The van der Waals surface area contributed by atoms with Gasteiger partial charge in [-0.2, -0.15) is 4.31 Å². The van der Waals surface area contributed by atoms with Gasteiger partial charge in [-0.25, -0.2) is 8.42 Å². The molecule has 3 aliphatic heterocycles. The molecule has 1 fully saturated rings. The number of hydrogen-bond donors (Lipinski definition) is 0. The second-order valence-corrected chi connectivity index (χ2v) is 8.00. The number of fused-ring (bicyclic) bond motifs is 4. The van der Waals surface area contributed by atoms with Crippen LogP contribution in [0.1, 0.15) is 11.6 Å². The molecule has 1 saturated heterocycles. The van der Waals surface area contributed by atoms with E-state index >= 15 is 0 Å². The van der Waals surface area contributed by atoms with Gasteiger partial charge in [0.2, 0.25) is 10.0 Å². The molecule has 0 N–H and O–H groups in total. The molecule has 1 atom stereocenters. The van der Waals surface area contributed by atoms with Gasteiger partial charge >= 0.3 is 0 Å². The summed E-state index contributed by atoms with van der Waals surface area (Å²) in [7, 11) is -3.41. The number of sulfonamides is 1. The van der Waals surface area contributed by atoms with Crippen LogP contribution in [0.3, 0.4) is 0 Å². The Hall–Kier alpha value is -2.25. The third kappa shape index (κ3) is 1.88. The number of anilines is 1. The molecular formula is C17H16N2O4S. The van der Waals surface area contributed by atoms with Crippen molar-refractivity contribution in [2.45, 2.75) is 10.9 Å². The third-order valence-electron chi connectivity index (χ3n) is 4.81. The zero-order valence-electron chi connectivity index (χ0n) is 12.9. The summed E-state index contributed by atoms with van der Waals surface area (Å²) in [6, 6.07) is 12.9. The van der Waals surface area contributed by atoms with E-state index < -0.39 is 10.0 Å². The van der Waals surface area contributed by atoms with Gasteiger partial charge in [-0.05, 0) is 23.8 Å². The van der Waals surface area contributed by atoms with Crippen molar-refractivity contribution in [2.24, 2.45) is 0 Å². The zero-order valence-corrected chi connectivity index (χ0v) is 13.7. The Balaban J connectivity index is 1.50. The van der Waals surface area contributed by atoms with E-state index in [0.717, 1.165) is 17.0 Å². The Bertz CT molecular complexity index is 928. The van der Waals surface area contributed by atoms with Gasteiger partial charge in [-0.3, -0.25) is 0 Å². The van der Waals surface area contributed by atoms with Crippen molar-refractivity contribution in [2.75, 3.05) is 31.3 Å². The van der Waals surface area contributed by atoms with E-state index in [1.54, 1.807) is 16.4 Å². The highest BCUT2D eigenvalue weighted by atomic mass is 32.2. The summed E-state index contributed by atoms with van der Waals surface area (Å²) in [6.07, 6.45) is 0. The van der Waals surface area contributed by atoms with Crippen molar-refractivity contribution in [3.8, 4) is 11.5 Å². The van der Waals surface area contributed by atoms with Crippen molar-refractivity contribution in [3.63, 3.8) is 0 Å². The minimum atomic E-state index is -3.41. The SMILES string of the molecule is O=S1(=O)c2ccccc2C2CN(c3ccc4c(c3)OCCO4)CN21. The molecule has 0 amide bonds. The van der Waals surface area contributed by atoms with Crippen LogP contribution in [0, 0.1) is 0 Å². The topological polar surface area (TPSA) is 59.1 Å². The molecule has 0 radical (unpaired) electrons. The molecule has 6 nitrogen and oxygen atoms in total. The molecule has 7 heteroatoms. The summed E-state index contributed by atoms with van der Waals surface area (Å²) in [5.41, 5.74) is 1.83. The quantitative estimate of drug-likeness (QED) is 0.792. The molecule has 0 spiro atoms. The number of ether oxygens (including phenoxy) is 2. The Morgan fingerprint density at radius 2 is 1.79 bits per heavy atom. The summed E-state index contributed by atoms with van der Waals surface area (Å²) in [6.45, 7) is 2.07. The van der Waals surface area contributed by atoms with E-state index in [1.165, 1.54) is 0 Å². The normalized spacial score (nSPS) is 23.8. The lowest BCUT2D eigenvalue weighted by atomic mass is 10.1. The van der Waals surface area contributed by atoms with E-state index in [4.69, 9.17) is 9.47 Å². The second-order valence-electron chi connectivity index (χ2n) is 6.14. The van der Waals surface area contributed by atoms with Gasteiger partial charge in [-0.15, -0.1) is 0 Å². The molecule has 24 heavy (non-hydrogen) atoms.